The monoisotopic (exact) mass is 252 g/mol. The molecule has 1 aromatic carbocycles. The molecular weight excluding hydrogens is 232 g/mol. The van der Waals surface area contributed by atoms with E-state index in [1.165, 1.54) is 30.5 Å². The summed E-state index contributed by atoms with van der Waals surface area (Å²) in [6.45, 7) is 4.28. The van der Waals surface area contributed by atoms with Gasteiger partial charge in [0.1, 0.15) is 0 Å². The normalized spacial score (nSPS) is 18.2. The summed E-state index contributed by atoms with van der Waals surface area (Å²) in [4.78, 5) is 2.39. The largest absolute Gasteiger partial charge is 0.370 e. The zero-order valence-corrected chi connectivity index (χ0v) is 11.2. The first-order valence-electron chi connectivity index (χ1n) is 6.46. The molecule has 2 N–H and O–H groups in total. The van der Waals surface area contributed by atoms with Crippen LogP contribution >= 0.6 is 11.6 Å². The maximum atomic E-state index is 6.36. The van der Waals surface area contributed by atoms with E-state index in [9.17, 15) is 0 Å². The van der Waals surface area contributed by atoms with Gasteiger partial charge in [-0.05, 0) is 50.3 Å². The molecule has 0 radical (unpaired) electrons. The lowest BCUT2D eigenvalue weighted by molar-refractivity contribution is 0.578. The second-order valence-electron chi connectivity index (χ2n) is 5.01. The molecule has 1 saturated heterocycles. The Morgan fingerprint density at radius 2 is 2.00 bits per heavy atom. The van der Waals surface area contributed by atoms with E-state index in [4.69, 9.17) is 17.3 Å². The predicted octanol–water partition coefficient (Wildman–Crippen LogP) is 3.22. The minimum atomic E-state index is 0.187. The second-order valence-corrected chi connectivity index (χ2v) is 5.42. The molecule has 0 bridgehead atoms. The Bertz CT molecular complexity index is 370. The van der Waals surface area contributed by atoms with Crippen LogP contribution in [-0.2, 0) is 6.42 Å². The Balaban J connectivity index is 2.13. The summed E-state index contributed by atoms with van der Waals surface area (Å²) in [7, 11) is 0. The molecule has 1 aromatic rings. The Hall–Kier alpha value is -0.730. The number of hydrogen-bond donors (Lipinski definition) is 1. The number of nitrogens with zero attached hydrogens (tertiary/aromatic N) is 1. The number of halogens is 1. The van der Waals surface area contributed by atoms with Crippen LogP contribution in [0.2, 0.25) is 5.02 Å². The van der Waals surface area contributed by atoms with Crippen LogP contribution in [0.4, 0.5) is 5.69 Å². The van der Waals surface area contributed by atoms with E-state index in [0.29, 0.717) is 0 Å². The first kappa shape index (κ1) is 12.7. The first-order chi connectivity index (χ1) is 8.16. The summed E-state index contributed by atoms with van der Waals surface area (Å²) in [6.07, 6.45) is 4.78. The number of hydrogen-bond acceptors (Lipinski definition) is 2. The summed E-state index contributed by atoms with van der Waals surface area (Å²) >= 11 is 6.36. The average molecular weight is 253 g/mol. The van der Waals surface area contributed by atoms with Crippen LogP contribution in [0.15, 0.2) is 18.2 Å². The van der Waals surface area contributed by atoms with Crippen molar-refractivity contribution in [2.24, 2.45) is 5.73 Å². The Labute approximate surface area is 109 Å². The molecule has 94 valence electrons. The van der Waals surface area contributed by atoms with Gasteiger partial charge < -0.3 is 10.6 Å². The van der Waals surface area contributed by atoms with Gasteiger partial charge in [0, 0.05) is 19.1 Å². The molecule has 0 saturated carbocycles. The zero-order chi connectivity index (χ0) is 12.3. The lowest BCUT2D eigenvalue weighted by atomic mass is 10.1. The van der Waals surface area contributed by atoms with E-state index in [1.54, 1.807) is 0 Å². The standard InChI is InChI=1S/C14H21ClN2/c1-11(16)9-12-5-6-14(13(15)10-12)17-7-3-2-4-8-17/h5-6,10-11H,2-4,7-9,16H2,1H3. The van der Waals surface area contributed by atoms with Crippen LogP contribution in [0, 0.1) is 0 Å². The summed E-state index contributed by atoms with van der Waals surface area (Å²) in [5.41, 5.74) is 8.21. The fourth-order valence-electron chi connectivity index (χ4n) is 2.44. The van der Waals surface area contributed by atoms with Crippen LogP contribution in [0.5, 0.6) is 0 Å². The van der Waals surface area contributed by atoms with Gasteiger partial charge in [0.2, 0.25) is 0 Å². The van der Waals surface area contributed by atoms with Gasteiger partial charge >= 0.3 is 0 Å². The summed E-state index contributed by atoms with van der Waals surface area (Å²) < 4.78 is 0. The number of nitrogens with two attached hydrogens (primary N) is 1. The molecule has 2 rings (SSSR count). The quantitative estimate of drug-likeness (QED) is 0.895. The third kappa shape index (κ3) is 3.36. The second kappa shape index (κ2) is 5.74. The van der Waals surface area contributed by atoms with Crippen LogP contribution < -0.4 is 10.6 Å². The first-order valence-corrected chi connectivity index (χ1v) is 6.83. The molecule has 17 heavy (non-hydrogen) atoms. The average Bonchev–Trinajstić information content (AvgIpc) is 2.29. The van der Waals surface area contributed by atoms with Crippen molar-refractivity contribution in [3.63, 3.8) is 0 Å². The minimum Gasteiger partial charge on any atom is -0.370 e. The van der Waals surface area contributed by atoms with Crippen molar-refractivity contribution in [1.82, 2.24) is 0 Å². The van der Waals surface area contributed by atoms with E-state index in [2.05, 4.69) is 23.1 Å². The summed E-state index contributed by atoms with van der Waals surface area (Å²) in [5.74, 6) is 0. The molecule has 1 heterocycles. The van der Waals surface area contributed by atoms with Gasteiger partial charge in [-0.15, -0.1) is 0 Å². The number of rotatable bonds is 3. The highest BCUT2D eigenvalue weighted by Crippen LogP contribution is 2.29. The molecule has 0 aliphatic carbocycles. The van der Waals surface area contributed by atoms with Gasteiger partial charge in [0.25, 0.3) is 0 Å². The molecule has 0 aromatic heterocycles. The lowest BCUT2D eigenvalue weighted by Gasteiger charge is -2.29. The van der Waals surface area contributed by atoms with Gasteiger partial charge in [-0.3, -0.25) is 0 Å². The molecule has 1 fully saturated rings. The van der Waals surface area contributed by atoms with Crippen LogP contribution in [-0.4, -0.2) is 19.1 Å². The molecule has 1 unspecified atom stereocenters. The van der Waals surface area contributed by atoms with E-state index < -0.39 is 0 Å². The van der Waals surface area contributed by atoms with Gasteiger partial charge in [-0.25, -0.2) is 0 Å². The molecule has 1 aliphatic rings. The van der Waals surface area contributed by atoms with Crippen molar-refractivity contribution in [3.05, 3.63) is 28.8 Å². The van der Waals surface area contributed by atoms with Crippen LogP contribution in [0.25, 0.3) is 0 Å². The van der Waals surface area contributed by atoms with Gasteiger partial charge in [0.15, 0.2) is 0 Å². The maximum Gasteiger partial charge on any atom is 0.0642 e. The molecular formula is C14H21ClN2. The van der Waals surface area contributed by atoms with Crippen molar-refractivity contribution in [2.45, 2.75) is 38.6 Å². The van der Waals surface area contributed by atoms with Crippen LogP contribution in [0.1, 0.15) is 31.7 Å². The number of anilines is 1. The fraction of sp³-hybridized carbons (Fsp3) is 0.571. The predicted molar refractivity (Wildman–Crippen MR) is 74.9 cm³/mol. The van der Waals surface area contributed by atoms with Crippen molar-refractivity contribution >= 4 is 17.3 Å². The van der Waals surface area contributed by atoms with E-state index in [1.807, 2.05) is 6.92 Å². The highest BCUT2D eigenvalue weighted by atomic mass is 35.5. The van der Waals surface area contributed by atoms with Gasteiger partial charge in [0.05, 0.1) is 10.7 Å². The number of piperidine rings is 1. The summed E-state index contributed by atoms with van der Waals surface area (Å²) in [6, 6.07) is 6.55. The molecule has 1 aliphatic heterocycles. The van der Waals surface area contributed by atoms with Crippen molar-refractivity contribution in [2.75, 3.05) is 18.0 Å². The zero-order valence-electron chi connectivity index (χ0n) is 10.5. The minimum absolute atomic E-state index is 0.187. The Morgan fingerprint density at radius 1 is 1.29 bits per heavy atom. The molecule has 3 heteroatoms. The lowest BCUT2D eigenvalue weighted by Crippen LogP contribution is -2.29. The summed E-state index contributed by atoms with van der Waals surface area (Å²) in [5, 5.41) is 0.866. The third-order valence-corrected chi connectivity index (χ3v) is 3.57. The molecule has 0 amide bonds. The SMILES string of the molecule is CC(N)Cc1ccc(N2CCCCC2)c(Cl)c1. The van der Waals surface area contributed by atoms with E-state index in [-0.39, 0.29) is 6.04 Å². The third-order valence-electron chi connectivity index (χ3n) is 3.27. The van der Waals surface area contributed by atoms with Crippen molar-refractivity contribution in [3.8, 4) is 0 Å². The van der Waals surface area contributed by atoms with Crippen LogP contribution in [0.3, 0.4) is 0 Å². The van der Waals surface area contributed by atoms with Crippen molar-refractivity contribution in [1.29, 1.82) is 0 Å². The highest BCUT2D eigenvalue weighted by molar-refractivity contribution is 6.33. The molecule has 2 nitrogen and oxygen atoms in total. The Kier molecular flexibility index (Phi) is 4.30. The smallest absolute Gasteiger partial charge is 0.0642 e. The van der Waals surface area contributed by atoms with Gasteiger partial charge in [-0.1, -0.05) is 17.7 Å². The fourth-order valence-corrected chi connectivity index (χ4v) is 2.76. The Morgan fingerprint density at radius 3 is 2.59 bits per heavy atom. The van der Waals surface area contributed by atoms with Crippen molar-refractivity contribution < 1.29 is 0 Å². The highest BCUT2D eigenvalue weighted by Gasteiger charge is 2.14. The van der Waals surface area contributed by atoms with E-state index in [0.717, 1.165) is 24.5 Å². The molecule has 1 atom stereocenters. The topological polar surface area (TPSA) is 29.3 Å². The number of benzene rings is 1. The van der Waals surface area contributed by atoms with E-state index >= 15 is 0 Å². The molecule has 0 spiro atoms. The van der Waals surface area contributed by atoms with Gasteiger partial charge in [-0.2, -0.15) is 0 Å². The maximum absolute atomic E-state index is 6.36.